The topological polar surface area (TPSA) is 78.9 Å². The molecule has 0 fully saturated rings. The predicted octanol–water partition coefficient (Wildman–Crippen LogP) is 18.9. The molecule has 380 valence electrons. The van der Waals surface area contributed by atoms with Crippen molar-refractivity contribution < 1.29 is 28.6 Å². The SMILES string of the molecule is CCCCCCCCCCCCCCCCCCCCC(=O)OC[C@H](COC(=O)CCCCCCCCCCCCCC(C)C)OC(=O)CCCCCCCCCCCCCC(C)C. The van der Waals surface area contributed by atoms with Gasteiger partial charge in [-0.25, -0.2) is 0 Å². The molecule has 0 N–H and O–H groups in total. The van der Waals surface area contributed by atoms with E-state index in [9.17, 15) is 14.4 Å². The predicted molar refractivity (Wildman–Crippen MR) is 275 cm³/mol. The van der Waals surface area contributed by atoms with Crippen molar-refractivity contribution in [3.63, 3.8) is 0 Å². The first-order chi connectivity index (χ1) is 31.2. The largest absolute Gasteiger partial charge is 0.462 e. The monoisotopic (exact) mass is 905 g/mol. The maximum atomic E-state index is 12.8. The van der Waals surface area contributed by atoms with Crippen LogP contribution in [0.4, 0.5) is 0 Å². The fraction of sp³-hybridized carbons (Fsp3) is 0.948. The van der Waals surface area contributed by atoms with E-state index in [1.54, 1.807) is 0 Å². The lowest BCUT2D eigenvalue weighted by atomic mass is 10.0. The standard InChI is InChI=1S/C58H112O6/c1-6-7-8-9-10-11-12-13-14-15-16-17-18-23-28-33-38-43-48-56(59)62-51-55(64-58(61)50-45-40-35-30-25-20-22-27-32-37-42-47-54(4)5)52-63-57(60)49-44-39-34-29-24-19-21-26-31-36-41-46-53(2)3/h53-55H,6-52H2,1-5H3/t55-/m1/s1. The van der Waals surface area contributed by atoms with Crippen LogP contribution >= 0.6 is 0 Å². The molecule has 6 nitrogen and oxygen atoms in total. The van der Waals surface area contributed by atoms with Gasteiger partial charge in [0.05, 0.1) is 0 Å². The first kappa shape index (κ1) is 62.4. The van der Waals surface area contributed by atoms with Crippen LogP contribution in [-0.2, 0) is 28.6 Å². The third-order valence-electron chi connectivity index (χ3n) is 13.2. The normalized spacial score (nSPS) is 12.0. The quantitative estimate of drug-likeness (QED) is 0.0344. The molecule has 0 unspecified atom stereocenters. The molecule has 0 saturated heterocycles. The van der Waals surface area contributed by atoms with E-state index in [4.69, 9.17) is 14.2 Å². The summed E-state index contributed by atoms with van der Waals surface area (Å²) in [6.45, 7) is 11.4. The minimum atomic E-state index is -0.763. The van der Waals surface area contributed by atoms with Crippen molar-refractivity contribution in [3.05, 3.63) is 0 Å². The van der Waals surface area contributed by atoms with E-state index < -0.39 is 6.10 Å². The number of ether oxygens (including phenoxy) is 3. The van der Waals surface area contributed by atoms with Crippen LogP contribution in [0.15, 0.2) is 0 Å². The molecule has 6 heteroatoms. The van der Waals surface area contributed by atoms with Crippen LogP contribution in [0.5, 0.6) is 0 Å². The van der Waals surface area contributed by atoms with Crippen molar-refractivity contribution in [2.75, 3.05) is 13.2 Å². The Bertz CT molecular complexity index is 978. The van der Waals surface area contributed by atoms with Gasteiger partial charge in [0, 0.05) is 19.3 Å². The lowest BCUT2D eigenvalue weighted by Gasteiger charge is -2.18. The van der Waals surface area contributed by atoms with Gasteiger partial charge in [-0.2, -0.15) is 0 Å². The second-order valence-corrected chi connectivity index (χ2v) is 20.9. The van der Waals surface area contributed by atoms with Gasteiger partial charge < -0.3 is 14.2 Å². The van der Waals surface area contributed by atoms with Crippen LogP contribution in [0.25, 0.3) is 0 Å². The molecular weight excluding hydrogens is 793 g/mol. The molecule has 0 bridgehead atoms. The van der Waals surface area contributed by atoms with E-state index >= 15 is 0 Å². The molecule has 0 aromatic carbocycles. The zero-order valence-corrected chi connectivity index (χ0v) is 43.9. The van der Waals surface area contributed by atoms with Crippen molar-refractivity contribution in [2.45, 2.75) is 330 Å². The Morgan fingerprint density at radius 3 is 0.766 bits per heavy atom. The maximum absolute atomic E-state index is 12.8. The zero-order valence-electron chi connectivity index (χ0n) is 43.9. The van der Waals surface area contributed by atoms with Gasteiger partial charge in [0.1, 0.15) is 13.2 Å². The number of rotatable bonds is 52. The van der Waals surface area contributed by atoms with Crippen LogP contribution < -0.4 is 0 Å². The van der Waals surface area contributed by atoms with Crippen LogP contribution in [0.1, 0.15) is 324 Å². The number of hydrogen-bond donors (Lipinski definition) is 0. The Labute approximate surface area is 399 Å². The average molecular weight is 906 g/mol. The van der Waals surface area contributed by atoms with Crippen LogP contribution in [0.3, 0.4) is 0 Å². The molecule has 0 rings (SSSR count). The first-order valence-corrected chi connectivity index (χ1v) is 28.7. The highest BCUT2D eigenvalue weighted by Gasteiger charge is 2.19. The van der Waals surface area contributed by atoms with Gasteiger partial charge in [-0.15, -0.1) is 0 Å². The van der Waals surface area contributed by atoms with Crippen LogP contribution in [0, 0.1) is 11.8 Å². The molecule has 0 aliphatic carbocycles. The van der Waals surface area contributed by atoms with E-state index in [0.717, 1.165) is 69.6 Å². The average Bonchev–Trinajstić information content (AvgIpc) is 3.27. The van der Waals surface area contributed by atoms with Crippen molar-refractivity contribution >= 4 is 17.9 Å². The minimum Gasteiger partial charge on any atom is -0.462 e. The number of carbonyl (C=O) groups is 3. The lowest BCUT2D eigenvalue weighted by Crippen LogP contribution is -2.30. The van der Waals surface area contributed by atoms with Crippen molar-refractivity contribution in [1.82, 2.24) is 0 Å². The van der Waals surface area contributed by atoms with Crippen molar-refractivity contribution in [1.29, 1.82) is 0 Å². The smallest absolute Gasteiger partial charge is 0.306 e. The second-order valence-electron chi connectivity index (χ2n) is 20.9. The van der Waals surface area contributed by atoms with E-state index in [2.05, 4.69) is 34.6 Å². The van der Waals surface area contributed by atoms with Gasteiger partial charge in [0.25, 0.3) is 0 Å². The third-order valence-corrected chi connectivity index (χ3v) is 13.2. The summed E-state index contributed by atoms with van der Waals surface area (Å²) in [5.41, 5.74) is 0. The maximum Gasteiger partial charge on any atom is 0.306 e. The van der Waals surface area contributed by atoms with Gasteiger partial charge in [0.15, 0.2) is 6.10 Å². The van der Waals surface area contributed by atoms with Crippen LogP contribution in [-0.4, -0.2) is 37.2 Å². The molecule has 0 aliphatic rings. The summed E-state index contributed by atoms with van der Waals surface area (Å²) in [4.78, 5) is 38.1. The lowest BCUT2D eigenvalue weighted by molar-refractivity contribution is -0.167. The highest BCUT2D eigenvalue weighted by atomic mass is 16.6. The molecule has 0 heterocycles. The Balaban J connectivity index is 4.29. The van der Waals surface area contributed by atoms with Gasteiger partial charge in [-0.05, 0) is 31.1 Å². The van der Waals surface area contributed by atoms with Gasteiger partial charge in [-0.3, -0.25) is 14.4 Å². The summed E-state index contributed by atoms with van der Waals surface area (Å²) >= 11 is 0. The molecule has 0 aromatic rings. The van der Waals surface area contributed by atoms with E-state index in [1.165, 1.54) is 212 Å². The summed E-state index contributed by atoms with van der Waals surface area (Å²) < 4.78 is 16.9. The molecule has 1 atom stereocenters. The highest BCUT2D eigenvalue weighted by molar-refractivity contribution is 5.71. The van der Waals surface area contributed by atoms with E-state index in [1.807, 2.05) is 0 Å². The summed E-state index contributed by atoms with van der Waals surface area (Å²) in [6.07, 6.45) is 53.8. The number of esters is 3. The second kappa shape index (κ2) is 50.8. The van der Waals surface area contributed by atoms with Gasteiger partial charge >= 0.3 is 17.9 Å². The van der Waals surface area contributed by atoms with E-state index in [0.29, 0.717) is 19.3 Å². The zero-order chi connectivity index (χ0) is 46.8. The summed E-state index contributed by atoms with van der Waals surface area (Å²) in [7, 11) is 0. The van der Waals surface area contributed by atoms with Crippen molar-refractivity contribution in [2.24, 2.45) is 11.8 Å². The molecule has 0 aromatic heterocycles. The molecule has 0 amide bonds. The molecule has 64 heavy (non-hydrogen) atoms. The molecule has 0 aliphatic heterocycles. The minimum absolute atomic E-state index is 0.0629. The van der Waals surface area contributed by atoms with Gasteiger partial charge in [0.2, 0.25) is 0 Å². The fourth-order valence-electron chi connectivity index (χ4n) is 8.87. The summed E-state index contributed by atoms with van der Waals surface area (Å²) in [6, 6.07) is 0. The molecule has 0 saturated carbocycles. The summed E-state index contributed by atoms with van der Waals surface area (Å²) in [5, 5.41) is 0. The van der Waals surface area contributed by atoms with Gasteiger partial charge in [-0.1, -0.05) is 285 Å². The third kappa shape index (κ3) is 51.4. The Hall–Kier alpha value is -1.59. The molecular formula is C58H112O6. The fourth-order valence-corrected chi connectivity index (χ4v) is 8.87. The first-order valence-electron chi connectivity index (χ1n) is 28.7. The number of unbranched alkanes of at least 4 members (excludes halogenated alkanes) is 37. The van der Waals surface area contributed by atoms with E-state index in [-0.39, 0.29) is 31.1 Å². The highest BCUT2D eigenvalue weighted by Crippen LogP contribution is 2.18. The number of hydrogen-bond acceptors (Lipinski definition) is 6. The molecule has 0 radical (unpaired) electrons. The van der Waals surface area contributed by atoms with Crippen LogP contribution in [0.2, 0.25) is 0 Å². The number of carbonyl (C=O) groups excluding carboxylic acids is 3. The molecule has 0 spiro atoms. The van der Waals surface area contributed by atoms with Crippen molar-refractivity contribution in [3.8, 4) is 0 Å². The Morgan fingerprint density at radius 1 is 0.297 bits per heavy atom. The summed E-state index contributed by atoms with van der Waals surface area (Å²) in [5.74, 6) is 0.811. The Kier molecular flexibility index (Phi) is 49.6. The Morgan fingerprint density at radius 2 is 0.516 bits per heavy atom.